The van der Waals surface area contributed by atoms with E-state index in [1.165, 1.54) is 31.4 Å². The van der Waals surface area contributed by atoms with E-state index >= 15 is 0 Å². The van der Waals surface area contributed by atoms with Crippen molar-refractivity contribution in [1.82, 2.24) is 20.4 Å². The van der Waals surface area contributed by atoms with Crippen LogP contribution in [0.25, 0.3) is 0 Å². The molecule has 2 N–H and O–H groups in total. The number of benzene rings is 1. The summed E-state index contributed by atoms with van der Waals surface area (Å²) >= 11 is 0. The number of piperidine rings is 2. The van der Waals surface area contributed by atoms with E-state index in [4.69, 9.17) is 0 Å². The fourth-order valence-electron chi connectivity index (χ4n) is 4.72. The van der Waals surface area contributed by atoms with Crippen LogP contribution in [0.15, 0.2) is 29.3 Å². The van der Waals surface area contributed by atoms with Crippen LogP contribution in [-0.2, 0) is 6.18 Å². The number of hydrogen-bond donors (Lipinski definition) is 2. The Kier molecular flexibility index (Phi) is 7.86. The van der Waals surface area contributed by atoms with E-state index in [9.17, 15) is 13.2 Å². The minimum Gasteiger partial charge on any atom is -0.355 e. The number of hydrogen-bond acceptors (Lipinski definition) is 3. The molecule has 5 nitrogen and oxygen atoms in total. The van der Waals surface area contributed by atoms with E-state index < -0.39 is 11.7 Å². The van der Waals surface area contributed by atoms with Crippen LogP contribution >= 0.6 is 0 Å². The van der Waals surface area contributed by atoms with Gasteiger partial charge < -0.3 is 15.5 Å². The Labute approximate surface area is 184 Å². The van der Waals surface area contributed by atoms with Crippen molar-refractivity contribution < 1.29 is 13.2 Å². The lowest BCUT2D eigenvalue weighted by atomic mass is 9.84. The van der Waals surface area contributed by atoms with Gasteiger partial charge in [0.15, 0.2) is 5.96 Å². The van der Waals surface area contributed by atoms with Crippen molar-refractivity contribution in [2.75, 3.05) is 46.8 Å². The zero-order valence-electron chi connectivity index (χ0n) is 18.9. The van der Waals surface area contributed by atoms with Gasteiger partial charge in [-0.1, -0.05) is 18.6 Å². The molecule has 0 aliphatic carbocycles. The highest BCUT2D eigenvalue weighted by Gasteiger charge is 2.39. The highest BCUT2D eigenvalue weighted by atomic mass is 19.4. The van der Waals surface area contributed by atoms with Crippen LogP contribution in [0.1, 0.15) is 56.2 Å². The van der Waals surface area contributed by atoms with Crippen molar-refractivity contribution in [2.45, 2.75) is 56.8 Å². The Morgan fingerprint density at radius 1 is 1.13 bits per heavy atom. The second-order valence-electron chi connectivity index (χ2n) is 8.99. The summed E-state index contributed by atoms with van der Waals surface area (Å²) in [7, 11) is 3.88. The van der Waals surface area contributed by atoms with Gasteiger partial charge in [-0.05, 0) is 83.5 Å². The fraction of sp³-hybridized carbons (Fsp3) is 0.696. The summed E-state index contributed by atoms with van der Waals surface area (Å²) in [6.07, 6.45) is 1.67. The first-order chi connectivity index (χ1) is 14.7. The molecule has 0 bridgehead atoms. The maximum atomic E-state index is 13.1. The van der Waals surface area contributed by atoms with Gasteiger partial charge in [-0.3, -0.25) is 9.89 Å². The number of halogens is 3. The van der Waals surface area contributed by atoms with Gasteiger partial charge in [-0.25, -0.2) is 0 Å². The summed E-state index contributed by atoms with van der Waals surface area (Å²) in [4.78, 5) is 9.38. The number of alkyl halides is 3. The lowest BCUT2D eigenvalue weighted by Crippen LogP contribution is -2.62. The van der Waals surface area contributed by atoms with Crippen molar-refractivity contribution in [3.63, 3.8) is 0 Å². The molecule has 0 saturated carbocycles. The molecular weight excluding hydrogens is 403 g/mol. The maximum Gasteiger partial charge on any atom is 0.416 e. The quantitative estimate of drug-likeness (QED) is 0.540. The third-order valence-corrected chi connectivity index (χ3v) is 6.82. The van der Waals surface area contributed by atoms with Crippen LogP contribution in [-0.4, -0.2) is 68.1 Å². The van der Waals surface area contributed by atoms with Gasteiger partial charge in [0.05, 0.1) is 11.6 Å². The summed E-state index contributed by atoms with van der Waals surface area (Å²) in [6, 6.07) is 5.18. The minimum atomic E-state index is -4.34. The first kappa shape index (κ1) is 23.9. The maximum absolute atomic E-state index is 13.1. The molecule has 1 unspecified atom stereocenters. The molecule has 0 radical (unpaired) electrons. The number of nitrogens with one attached hydrogen (secondary N) is 2. The molecule has 0 aromatic heterocycles. The molecule has 3 rings (SSSR count). The molecule has 2 aliphatic heterocycles. The van der Waals surface area contributed by atoms with Gasteiger partial charge in [-0.15, -0.1) is 0 Å². The monoisotopic (exact) mass is 439 g/mol. The van der Waals surface area contributed by atoms with Crippen molar-refractivity contribution in [3.8, 4) is 0 Å². The van der Waals surface area contributed by atoms with E-state index in [-0.39, 0.29) is 11.6 Å². The third kappa shape index (κ3) is 6.13. The second-order valence-corrected chi connectivity index (χ2v) is 8.99. The lowest BCUT2D eigenvalue weighted by molar-refractivity contribution is -0.137. The predicted molar refractivity (Wildman–Crippen MR) is 119 cm³/mol. The van der Waals surface area contributed by atoms with Gasteiger partial charge in [-0.2, -0.15) is 13.2 Å². The molecule has 1 aromatic rings. The Balaban J connectivity index is 1.65. The van der Waals surface area contributed by atoms with E-state index in [1.54, 1.807) is 13.1 Å². The standard InChI is InChI=1S/C23H36F3N5/c1-18(19-8-7-9-20(16-19)23(24,25)26)29-21(27-2)28-17-22(10-14-30(3)15-11-22)31-12-5-4-6-13-31/h7-9,16,18H,4-6,10-15,17H2,1-3H3,(H2,27,28,29). The topological polar surface area (TPSA) is 42.9 Å². The minimum absolute atomic E-state index is 0.101. The molecule has 8 heteroatoms. The molecule has 1 aromatic carbocycles. The summed E-state index contributed by atoms with van der Waals surface area (Å²) in [5.74, 6) is 0.625. The summed E-state index contributed by atoms with van der Waals surface area (Å²) in [5, 5.41) is 6.77. The van der Waals surface area contributed by atoms with Crippen molar-refractivity contribution in [3.05, 3.63) is 35.4 Å². The Bertz CT molecular complexity index is 735. The molecule has 2 heterocycles. The van der Waals surface area contributed by atoms with Crippen LogP contribution in [0.2, 0.25) is 0 Å². The first-order valence-corrected chi connectivity index (χ1v) is 11.3. The predicted octanol–water partition coefficient (Wildman–Crippen LogP) is 3.88. The molecular formula is C23H36F3N5. The molecule has 0 amide bonds. The fourth-order valence-corrected chi connectivity index (χ4v) is 4.72. The Morgan fingerprint density at radius 3 is 2.42 bits per heavy atom. The van der Waals surface area contributed by atoms with Crippen molar-refractivity contribution in [2.24, 2.45) is 4.99 Å². The highest BCUT2D eigenvalue weighted by molar-refractivity contribution is 5.80. The number of guanidine groups is 1. The summed E-state index contributed by atoms with van der Waals surface area (Å²) in [5.41, 5.74) is 0.0593. The van der Waals surface area contributed by atoms with Crippen LogP contribution < -0.4 is 10.6 Å². The van der Waals surface area contributed by atoms with Crippen LogP contribution in [0.4, 0.5) is 13.2 Å². The van der Waals surface area contributed by atoms with E-state index in [0.29, 0.717) is 11.5 Å². The molecule has 2 saturated heterocycles. The van der Waals surface area contributed by atoms with Gasteiger partial charge in [0.1, 0.15) is 0 Å². The second kappa shape index (κ2) is 10.2. The van der Waals surface area contributed by atoms with E-state index in [1.807, 2.05) is 6.92 Å². The zero-order valence-corrected chi connectivity index (χ0v) is 18.9. The van der Waals surface area contributed by atoms with E-state index in [2.05, 4.69) is 32.5 Å². The normalized spacial score (nSPS) is 22.2. The SMILES string of the molecule is CN=C(NCC1(N2CCCCC2)CCN(C)CC1)NC(C)c1cccc(C(F)(F)F)c1. The van der Waals surface area contributed by atoms with Crippen LogP contribution in [0.3, 0.4) is 0 Å². The van der Waals surface area contributed by atoms with Crippen molar-refractivity contribution >= 4 is 5.96 Å². The van der Waals surface area contributed by atoms with Crippen LogP contribution in [0, 0.1) is 0 Å². The Hall–Kier alpha value is -1.80. The molecule has 2 fully saturated rings. The molecule has 0 spiro atoms. The summed E-state index contributed by atoms with van der Waals surface area (Å²) < 4.78 is 39.2. The third-order valence-electron chi connectivity index (χ3n) is 6.82. The first-order valence-electron chi connectivity index (χ1n) is 11.3. The lowest BCUT2D eigenvalue weighted by Gasteiger charge is -2.50. The number of likely N-dealkylation sites (tertiary alicyclic amines) is 2. The van der Waals surface area contributed by atoms with E-state index in [0.717, 1.165) is 51.6 Å². The Morgan fingerprint density at radius 2 is 1.81 bits per heavy atom. The van der Waals surface area contributed by atoms with Gasteiger partial charge in [0.25, 0.3) is 0 Å². The summed E-state index contributed by atoms with van der Waals surface area (Å²) in [6.45, 7) is 7.07. The average molecular weight is 440 g/mol. The molecule has 2 aliphatic rings. The number of rotatable bonds is 5. The smallest absolute Gasteiger partial charge is 0.355 e. The van der Waals surface area contributed by atoms with Gasteiger partial charge in [0.2, 0.25) is 0 Å². The van der Waals surface area contributed by atoms with Crippen molar-refractivity contribution in [1.29, 1.82) is 0 Å². The molecule has 1 atom stereocenters. The molecule has 174 valence electrons. The number of aliphatic imine (C=N–C) groups is 1. The number of nitrogens with zero attached hydrogens (tertiary/aromatic N) is 3. The highest BCUT2D eigenvalue weighted by Crippen LogP contribution is 2.32. The average Bonchev–Trinajstić information content (AvgIpc) is 2.78. The zero-order chi connectivity index (χ0) is 22.5. The van der Waals surface area contributed by atoms with Gasteiger partial charge in [0, 0.05) is 19.1 Å². The van der Waals surface area contributed by atoms with Gasteiger partial charge >= 0.3 is 6.18 Å². The molecule has 31 heavy (non-hydrogen) atoms. The van der Waals surface area contributed by atoms with Crippen LogP contribution in [0.5, 0.6) is 0 Å². The largest absolute Gasteiger partial charge is 0.416 e.